The Morgan fingerprint density at radius 1 is 1.47 bits per heavy atom. The highest BCUT2D eigenvalue weighted by Crippen LogP contribution is 2.26. The summed E-state index contributed by atoms with van der Waals surface area (Å²) in [4.78, 5) is 25.4. The van der Waals surface area contributed by atoms with Gasteiger partial charge in [0.15, 0.2) is 0 Å². The van der Waals surface area contributed by atoms with Crippen LogP contribution < -0.4 is 0 Å². The van der Waals surface area contributed by atoms with Crippen molar-refractivity contribution in [2.75, 3.05) is 6.54 Å². The van der Waals surface area contributed by atoms with Gasteiger partial charge in [-0.2, -0.15) is 0 Å². The summed E-state index contributed by atoms with van der Waals surface area (Å²) >= 11 is 3.21. The molecule has 0 aliphatic carbocycles. The molecule has 1 fully saturated rings. The number of carbonyl (C=O) groups excluding carboxylic acids is 2. The van der Waals surface area contributed by atoms with E-state index in [0.717, 1.165) is 12.8 Å². The average molecular weight is 328 g/mol. The molecule has 2 rings (SSSR count). The zero-order chi connectivity index (χ0) is 14.0. The number of hydrogen-bond acceptors (Lipinski definition) is 2. The van der Waals surface area contributed by atoms with Crippen LogP contribution in [0.2, 0.25) is 0 Å². The monoisotopic (exact) mass is 327 g/mol. The predicted octanol–water partition coefficient (Wildman–Crippen LogP) is 3.17. The number of benzene rings is 1. The van der Waals surface area contributed by atoms with Gasteiger partial charge in [0.1, 0.15) is 11.6 Å². The summed E-state index contributed by atoms with van der Waals surface area (Å²) in [5, 5.41) is 0. The van der Waals surface area contributed by atoms with E-state index in [1.54, 1.807) is 4.90 Å². The first-order valence-electron chi connectivity index (χ1n) is 6.24. The van der Waals surface area contributed by atoms with E-state index < -0.39 is 0 Å². The third-order valence-corrected chi connectivity index (χ3v) is 3.98. The van der Waals surface area contributed by atoms with E-state index in [9.17, 15) is 14.0 Å². The molecule has 5 heteroatoms. The first kappa shape index (κ1) is 14.2. The second kappa shape index (κ2) is 5.82. The number of halogens is 2. The normalized spacial score (nSPS) is 18.7. The minimum atomic E-state index is -0.384. The standard InChI is InChI=1S/C14H15BrFNO2/c1-9(18)7-11-3-2-6-17(11)14(19)12-5-4-10(16)8-13(12)15/h4-5,8,11H,2-3,6-7H2,1H3. The maximum absolute atomic E-state index is 13.0. The molecule has 0 radical (unpaired) electrons. The van der Waals surface area contributed by atoms with Gasteiger partial charge >= 0.3 is 0 Å². The van der Waals surface area contributed by atoms with Gasteiger partial charge in [-0.1, -0.05) is 0 Å². The first-order chi connectivity index (χ1) is 8.99. The summed E-state index contributed by atoms with van der Waals surface area (Å²) < 4.78 is 13.5. The van der Waals surface area contributed by atoms with E-state index in [-0.39, 0.29) is 23.5 Å². The molecule has 19 heavy (non-hydrogen) atoms. The highest BCUT2D eigenvalue weighted by molar-refractivity contribution is 9.10. The summed E-state index contributed by atoms with van der Waals surface area (Å²) in [6.07, 6.45) is 2.15. The summed E-state index contributed by atoms with van der Waals surface area (Å²) in [6.45, 7) is 2.19. The SMILES string of the molecule is CC(=O)CC1CCCN1C(=O)c1ccc(F)cc1Br. The molecule has 1 amide bonds. The molecule has 102 valence electrons. The summed E-state index contributed by atoms with van der Waals surface area (Å²) in [5.41, 5.74) is 0.442. The second-order valence-electron chi connectivity index (χ2n) is 4.82. The van der Waals surface area contributed by atoms with Crippen molar-refractivity contribution >= 4 is 27.6 Å². The van der Waals surface area contributed by atoms with Crippen molar-refractivity contribution in [1.82, 2.24) is 4.90 Å². The van der Waals surface area contributed by atoms with Crippen molar-refractivity contribution in [3.63, 3.8) is 0 Å². The molecular formula is C14H15BrFNO2. The van der Waals surface area contributed by atoms with Crippen molar-refractivity contribution in [2.45, 2.75) is 32.2 Å². The number of hydrogen-bond donors (Lipinski definition) is 0. The molecule has 1 unspecified atom stereocenters. The van der Waals surface area contributed by atoms with E-state index >= 15 is 0 Å². The number of ketones is 1. The Morgan fingerprint density at radius 2 is 2.21 bits per heavy atom. The molecule has 0 aromatic heterocycles. The smallest absolute Gasteiger partial charge is 0.255 e. The van der Waals surface area contributed by atoms with Gasteiger partial charge in [0.05, 0.1) is 5.56 Å². The van der Waals surface area contributed by atoms with Crippen molar-refractivity contribution < 1.29 is 14.0 Å². The Kier molecular flexibility index (Phi) is 4.34. The van der Waals surface area contributed by atoms with Crippen molar-refractivity contribution in [3.05, 3.63) is 34.1 Å². The highest BCUT2D eigenvalue weighted by atomic mass is 79.9. The molecular weight excluding hydrogens is 313 g/mol. The molecule has 1 aliphatic heterocycles. The number of Topliss-reactive ketones (excluding diaryl/α,β-unsaturated/α-hetero) is 1. The van der Waals surface area contributed by atoms with Gasteiger partial charge in [0.2, 0.25) is 0 Å². The maximum atomic E-state index is 13.0. The van der Waals surface area contributed by atoms with Crippen LogP contribution >= 0.6 is 15.9 Å². The average Bonchev–Trinajstić information content (AvgIpc) is 2.75. The van der Waals surface area contributed by atoms with Crippen LogP contribution in [0.3, 0.4) is 0 Å². The van der Waals surface area contributed by atoms with E-state index in [1.807, 2.05) is 0 Å². The zero-order valence-electron chi connectivity index (χ0n) is 10.7. The van der Waals surface area contributed by atoms with Gasteiger partial charge in [-0.25, -0.2) is 4.39 Å². The molecule has 1 aromatic rings. The Morgan fingerprint density at radius 3 is 2.84 bits per heavy atom. The van der Waals surface area contributed by atoms with Crippen LogP contribution in [-0.4, -0.2) is 29.2 Å². The Balaban J connectivity index is 2.20. The van der Waals surface area contributed by atoms with E-state index in [1.165, 1.54) is 25.1 Å². The molecule has 3 nitrogen and oxygen atoms in total. The fourth-order valence-electron chi connectivity index (χ4n) is 2.46. The van der Waals surface area contributed by atoms with Crippen molar-refractivity contribution in [3.8, 4) is 0 Å². The molecule has 0 bridgehead atoms. The lowest BCUT2D eigenvalue weighted by Crippen LogP contribution is -2.36. The summed E-state index contributed by atoms with van der Waals surface area (Å²) in [6, 6.07) is 4.00. The third-order valence-electron chi connectivity index (χ3n) is 3.32. The highest BCUT2D eigenvalue weighted by Gasteiger charge is 2.30. The number of nitrogens with zero attached hydrogens (tertiary/aromatic N) is 1. The van der Waals surface area contributed by atoms with Gasteiger partial charge in [-0.15, -0.1) is 0 Å². The number of likely N-dealkylation sites (tertiary alicyclic amines) is 1. The summed E-state index contributed by atoms with van der Waals surface area (Å²) in [7, 11) is 0. The fraction of sp³-hybridized carbons (Fsp3) is 0.429. The van der Waals surface area contributed by atoms with Gasteiger partial charge in [0.25, 0.3) is 5.91 Å². The molecule has 1 aliphatic rings. The van der Waals surface area contributed by atoms with E-state index in [0.29, 0.717) is 23.0 Å². The van der Waals surface area contributed by atoms with Gasteiger partial charge < -0.3 is 4.90 Å². The second-order valence-corrected chi connectivity index (χ2v) is 5.68. The van der Waals surface area contributed by atoms with Crippen LogP contribution in [0.4, 0.5) is 4.39 Å². The third kappa shape index (κ3) is 3.21. The van der Waals surface area contributed by atoms with Gasteiger partial charge in [-0.3, -0.25) is 9.59 Å². The molecule has 1 heterocycles. The van der Waals surface area contributed by atoms with Gasteiger partial charge in [0, 0.05) is 23.5 Å². The lowest BCUT2D eigenvalue weighted by atomic mass is 10.1. The minimum Gasteiger partial charge on any atom is -0.335 e. The molecule has 1 atom stereocenters. The predicted molar refractivity (Wildman–Crippen MR) is 73.5 cm³/mol. The molecule has 0 N–H and O–H groups in total. The Bertz CT molecular complexity index is 518. The fourth-order valence-corrected chi connectivity index (χ4v) is 2.99. The number of rotatable bonds is 3. The number of carbonyl (C=O) groups is 2. The molecule has 1 saturated heterocycles. The summed E-state index contributed by atoms with van der Waals surface area (Å²) in [5.74, 6) is -0.441. The molecule has 0 saturated carbocycles. The maximum Gasteiger partial charge on any atom is 0.255 e. The number of amides is 1. The van der Waals surface area contributed by atoms with Crippen molar-refractivity contribution in [1.29, 1.82) is 0 Å². The Labute approximate surface area is 119 Å². The topological polar surface area (TPSA) is 37.4 Å². The van der Waals surface area contributed by atoms with Crippen LogP contribution in [-0.2, 0) is 4.79 Å². The largest absolute Gasteiger partial charge is 0.335 e. The van der Waals surface area contributed by atoms with Gasteiger partial charge in [-0.05, 0) is 53.9 Å². The van der Waals surface area contributed by atoms with Crippen LogP contribution in [0.1, 0.15) is 36.5 Å². The van der Waals surface area contributed by atoms with Crippen molar-refractivity contribution in [2.24, 2.45) is 0 Å². The van der Waals surface area contributed by atoms with Crippen LogP contribution in [0.25, 0.3) is 0 Å². The lowest BCUT2D eigenvalue weighted by Gasteiger charge is -2.24. The van der Waals surface area contributed by atoms with Crippen LogP contribution in [0.15, 0.2) is 22.7 Å². The zero-order valence-corrected chi connectivity index (χ0v) is 12.2. The van der Waals surface area contributed by atoms with Crippen LogP contribution in [0, 0.1) is 5.82 Å². The Hall–Kier alpha value is -1.23. The molecule has 0 spiro atoms. The van der Waals surface area contributed by atoms with E-state index in [4.69, 9.17) is 0 Å². The van der Waals surface area contributed by atoms with E-state index in [2.05, 4.69) is 15.9 Å². The minimum absolute atomic E-state index is 0.0260. The first-order valence-corrected chi connectivity index (χ1v) is 7.04. The quantitative estimate of drug-likeness (QED) is 0.855. The van der Waals surface area contributed by atoms with Crippen LogP contribution in [0.5, 0.6) is 0 Å². The lowest BCUT2D eigenvalue weighted by molar-refractivity contribution is -0.117. The molecule has 1 aromatic carbocycles.